The Morgan fingerprint density at radius 2 is 2.11 bits per heavy atom. The number of benzene rings is 1. The van der Waals surface area contributed by atoms with E-state index in [-0.39, 0.29) is 5.91 Å². The number of nitrogens with two attached hydrogens (primary N) is 1. The highest BCUT2D eigenvalue weighted by Crippen LogP contribution is 2.08. The Balaban J connectivity index is 2.26. The summed E-state index contributed by atoms with van der Waals surface area (Å²) in [7, 11) is 1.76. The van der Waals surface area contributed by atoms with Gasteiger partial charge in [0.05, 0.1) is 12.6 Å². The third kappa shape index (κ3) is 5.98. The van der Waals surface area contributed by atoms with Crippen LogP contribution in [0.2, 0.25) is 0 Å². The molecule has 0 aliphatic carbocycles. The molecule has 0 aromatic heterocycles. The number of amides is 1. The molecule has 5 heteroatoms. The predicted molar refractivity (Wildman–Crippen MR) is 80.5 cm³/mol. The SMILES string of the molecule is CSCC[C@@H](N)C(=O)N(C)CCOc1ccccc1. The minimum atomic E-state index is -0.408. The first-order valence-electron chi connectivity index (χ1n) is 6.32. The number of ether oxygens (including phenoxy) is 1. The number of carbonyl (C=O) groups is 1. The quantitative estimate of drug-likeness (QED) is 0.787. The third-order valence-electron chi connectivity index (χ3n) is 2.77. The maximum Gasteiger partial charge on any atom is 0.239 e. The van der Waals surface area contributed by atoms with E-state index in [1.54, 1.807) is 23.7 Å². The largest absolute Gasteiger partial charge is 0.492 e. The van der Waals surface area contributed by atoms with Crippen LogP contribution < -0.4 is 10.5 Å². The minimum absolute atomic E-state index is 0.0225. The lowest BCUT2D eigenvalue weighted by Crippen LogP contribution is -2.43. The third-order valence-corrected chi connectivity index (χ3v) is 3.41. The van der Waals surface area contributed by atoms with Crippen molar-refractivity contribution in [3.63, 3.8) is 0 Å². The van der Waals surface area contributed by atoms with Gasteiger partial charge in [0, 0.05) is 7.05 Å². The van der Waals surface area contributed by atoms with Crippen LogP contribution in [0.4, 0.5) is 0 Å². The lowest BCUT2D eigenvalue weighted by atomic mass is 10.2. The second kappa shape index (κ2) is 8.82. The number of hydrogen-bond acceptors (Lipinski definition) is 4. The first-order chi connectivity index (χ1) is 9.15. The summed E-state index contributed by atoms with van der Waals surface area (Å²) in [4.78, 5) is 13.6. The van der Waals surface area contributed by atoms with E-state index >= 15 is 0 Å². The van der Waals surface area contributed by atoms with Gasteiger partial charge in [-0.1, -0.05) is 18.2 Å². The summed E-state index contributed by atoms with van der Waals surface area (Å²) in [6, 6.07) is 9.16. The molecule has 0 saturated carbocycles. The molecule has 106 valence electrons. The second-order valence-electron chi connectivity index (χ2n) is 4.31. The summed E-state index contributed by atoms with van der Waals surface area (Å²) >= 11 is 1.70. The molecule has 0 spiro atoms. The fourth-order valence-electron chi connectivity index (χ4n) is 1.58. The number of nitrogens with zero attached hydrogens (tertiary/aromatic N) is 1. The first-order valence-corrected chi connectivity index (χ1v) is 7.72. The van der Waals surface area contributed by atoms with E-state index in [1.807, 2.05) is 36.6 Å². The molecule has 19 heavy (non-hydrogen) atoms. The zero-order chi connectivity index (χ0) is 14.1. The van der Waals surface area contributed by atoms with Crippen molar-refractivity contribution < 1.29 is 9.53 Å². The van der Waals surface area contributed by atoms with Gasteiger partial charge >= 0.3 is 0 Å². The molecule has 1 rings (SSSR count). The van der Waals surface area contributed by atoms with Crippen molar-refractivity contribution in [2.75, 3.05) is 32.2 Å². The molecular weight excluding hydrogens is 260 g/mol. The lowest BCUT2D eigenvalue weighted by molar-refractivity contribution is -0.131. The number of hydrogen-bond donors (Lipinski definition) is 1. The Morgan fingerprint density at radius 1 is 1.42 bits per heavy atom. The molecule has 0 fully saturated rings. The summed E-state index contributed by atoms with van der Waals surface area (Å²) in [6.45, 7) is 1.02. The highest BCUT2D eigenvalue weighted by atomic mass is 32.2. The molecule has 4 nitrogen and oxygen atoms in total. The molecule has 2 N–H and O–H groups in total. The maximum atomic E-state index is 11.9. The van der Waals surface area contributed by atoms with Gasteiger partial charge in [-0.15, -0.1) is 0 Å². The van der Waals surface area contributed by atoms with Gasteiger partial charge in [-0.2, -0.15) is 11.8 Å². The molecule has 0 heterocycles. The molecular formula is C14H22N2O2S. The van der Waals surface area contributed by atoms with Gasteiger partial charge in [-0.3, -0.25) is 4.79 Å². The average Bonchev–Trinajstić information content (AvgIpc) is 2.44. The average molecular weight is 282 g/mol. The maximum absolute atomic E-state index is 11.9. The van der Waals surface area contributed by atoms with Crippen LogP contribution in [-0.2, 0) is 4.79 Å². The van der Waals surface area contributed by atoms with Gasteiger partial charge in [0.1, 0.15) is 12.4 Å². The van der Waals surface area contributed by atoms with Crippen LogP contribution in [0.15, 0.2) is 30.3 Å². The Morgan fingerprint density at radius 3 is 2.74 bits per heavy atom. The van der Waals surface area contributed by atoms with E-state index in [9.17, 15) is 4.79 Å². The highest BCUT2D eigenvalue weighted by Gasteiger charge is 2.17. The second-order valence-corrected chi connectivity index (χ2v) is 5.29. The van der Waals surface area contributed by atoms with Crippen LogP contribution in [0.3, 0.4) is 0 Å². The van der Waals surface area contributed by atoms with Gasteiger partial charge in [-0.05, 0) is 30.6 Å². The van der Waals surface area contributed by atoms with Crippen molar-refractivity contribution in [2.45, 2.75) is 12.5 Å². The van der Waals surface area contributed by atoms with Crippen molar-refractivity contribution in [2.24, 2.45) is 5.73 Å². The molecule has 0 aliphatic heterocycles. The zero-order valence-corrected chi connectivity index (χ0v) is 12.4. The van der Waals surface area contributed by atoms with Crippen molar-refractivity contribution in [1.82, 2.24) is 4.90 Å². The van der Waals surface area contributed by atoms with Gasteiger partial charge < -0.3 is 15.4 Å². The standard InChI is InChI=1S/C14H22N2O2S/c1-16(14(17)13(15)8-11-19-2)9-10-18-12-6-4-3-5-7-12/h3-7,13H,8-11,15H2,1-2H3/t13-/m1/s1. The zero-order valence-electron chi connectivity index (χ0n) is 11.5. The molecule has 0 radical (unpaired) electrons. The number of para-hydroxylation sites is 1. The molecule has 0 aliphatic rings. The minimum Gasteiger partial charge on any atom is -0.492 e. The van der Waals surface area contributed by atoms with E-state index < -0.39 is 6.04 Å². The summed E-state index contributed by atoms with van der Waals surface area (Å²) in [5, 5.41) is 0. The summed E-state index contributed by atoms with van der Waals surface area (Å²) in [5.41, 5.74) is 5.84. The van der Waals surface area contributed by atoms with E-state index in [4.69, 9.17) is 10.5 Å². The molecule has 0 bridgehead atoms. The van der Waals surface area contributed by atoms with Crippen LogP contribution >= 0.6 is 11.8 Å². The lowest BCUT2D eigenvalue weighted by Gasteiger charge is -2.21. The number of rotatable bonds is 8. The van der Waals surface area contributed by atoms with Crippen molar-refractivity contribution in [3.05, 3.63) is 30.3 Å². The van der Waals surface area contributed by atoms with Crippen molar-refractivity contribution in [1.29, 1.82) is 0 Å². The van der Waals surface area contributed by atoms with E-state index in [0.717, 1.165) is 11.5 Å². The summed E-state index contributed by atoms with van der Waals surface area (Å²) < 4.78 is 5.55. The summed E-state index contributed by atoms with van der Waals surface area (Å²) in [5.74, 6) is 1.70. The predicted octanol–water partition coefficient (Wildman–Crippen LogP) is 1.60. The molecule has 0 saturated heterocycles. The molecule has 0 unspecified atom stereocenters. The number of likely N-dealkylation sites (N-methyl/N-ethyl adjacent to an activating group) is 1. The summed E-state index contributed by atoms with van der Waals surface area (Å²) in [6.07, 6.45) is 2.72. The van der Waals surface area contributed by atoms with Crippen LogP contribution in [0.1, 0.15) is 6.42 Å². The monoisotopic (exact) mass is 282 g/mol. The Bertz CT molecular complexity index is 373. The smallest absolute Gasteiger partial charge is 0.239 e. The Hall–Kier alpha value is -1.20. The molecule has 1 amide bonds. The van der Waals surface area contributed by atoms with Crippen molar-refractivity contribution in [3.8, 4) is 5.75 Å². The molecule has 1 aromatic rings. The van der Waals surface area contributed by atoms with Gasteiger partial charge in [-0.25, -0.2) is 0 Å². The van der Waals surface area contributed by atoms with Gasteiger partial charge in [0.2, 0.25) is 5.91 Å². The number of carbonyl (C=O) groups excluding carboxylic acids is 1. The topological polar surface area (TPSA) is 55.6 Å². The van der Waals surface area contributed by atoms with Crippen molar-refractivity contribution >= 4 is 17.7 Å². The Labute approximate surface area is 119 Å². The van der Waals surface area contributed by atoms with Gasteiger partial charge in [0.15, 0.2) is 0 Å². The fraction of sp³-hybridized carbons (Fsp3) is 0.500. The Kier molecular flexibility index (Phi) is 7.36. The fourth-order valence-corrected chi connectivity index (χ4v) is 2.07. The normalized spacial score (nSPS) is 11.9. The van der Waals surface area contributed by atoms with Crippen LogP contribution in [0.5, 0.6) is 5.75 Å². The van der Waals surface area contributed by atoms with E-state index in [0.29, 0.717) is 19.6 Å². The van der Waals surface area contributed by atoms with Crippen LogP contribution in [0.25, 0.3) is 0 Å². The van der Waals surface area contributed by atoms with Crippen LogP contribution in [-0.4, -0.2) is 49.1 Å². The first kappa shape index (κ1) is 15.9. The van der Waals surface area contributed by atoms with E-state index in [2.05, 4.69) is 0 Å². The number of thioether (sulfide) groups is 1. The molecule has 1 atom stereocenters. The van der Waals surface area contributed by atoms with Crippen LogP contribution in [0, 0.1) is 0 Å². The van der Waals surface area contributed by atoms with E-state index in [1.165, 1.54) is 0 Å². The highest BCUT2D eigenvalue weighted by molar-refractivity contribution is 7.98. The molecule has 1 aromatic carbocycles. The van der Waals surface area contributed by atoms with Gasteiger partial charge in [0.25, 0.3) is 0 Å².